The molecule has 1 N–H and O–H groups in total. The quantitative estimate of drug-likeness (QED) is 0.408. The van der Waals surface area contributed by atoms with Crippen molar-refractivity contribution in [1.29, 1.82) is 0 Å². The van der Waals surface area contributed by atoms with Crippen molar-refractivity contribution in [2.45, 2.75) is 57.1 Å². The summed E-state index contributed by atoms with van der Waals surface area (Å²) in [4.78, 5) is 32.4. The van der Waals surface area contributed by atoms with Gasteiger partial charge in [0.25, 0.3) is 5.56 Å². The summed E-state index contributed by atoms with van der Waals surface area (Å²) in [5, 5.41) is 4.27. The second kappa shape index (κ2) is 9.53. The number of hydrogen-bond donors (Lipinski definition) is 1. The molecule has 0 radical (unpaired) electrons. The van der Waals surface area contributed by atoms with Gasteiger partial charge in [0.1, 0.15) is 10.6 Å². The van der Waals surface area contributed by atoms with Crippen LogP contribution in [0.15, 0.2) is 34.2 Å². The lowest BCUT2D eigenvalue weighted by Gasteiger charge is -2.18. The number of benzene rings is 1. The molecule has 164 valence electrons. The average Bonchev–Trinajstić information content (AvgIpc) is 3.36. The number of amides is 1. The zero-order valence-electron chi connectivity index (χ0n) is 17.7. The smallest absolute Gasteiger partial charge is 0.263 e. The van der Waals surface area contributed by atoms with Crippen LogP contribution in [0.5, 0.6) is 0 Å². The Bertz CT molecular complexity index is 1150. The van der Waals surface area contributed by atoms with Gasteiger partial charge in [-0.1, -0.05) is 36.7 Å². The number of hydrogen-bond acceptors (Lipinski definition) is 5. The van der Waals surface area contributed by atoms with Crippen LogP contribution in [-0.2, 0) is 11.2 Å². The molecule has 2 aromatic heterocycles. The van der Waals surface area contributed by atoms with Crippen LogP contribution in [0.3, 0.4) is 0 Å². The lowest BCUT2D eigenvalue weighted by molar-refractivity contribution is -0.118. The molecule has 2 heterocycles. The Balaban J connectivity index is 1.46. The largest absolute Gasteiger partial charge is 0.355 e. The van der Waals surface area contributed by atoms with Gasteiger partial charge in [-0.3, -0.25) is 14.2 Å². The minimum atomic E-state index is -0.266. The van der Waals surface area contributed by atoms with E-state index >= 15 is 0 Å². The predicted molar refractivity (Wildman–Crippen MR) is 125 cm³/mol. The fraction of sp³-hybridized carbons (Fsp3) is 0.435. The summed E-state index contributed by atoms with van der Waals surface area (Å²) in [5.41, 5.74) is 2.01. The van der Waals surface area contributed by atoms with E-state index in [1.807, 2.05) is 18.4 Å². The highest BCUT2D eigenvalue weighted by atomic mass is 32.2. The summed E-state index contributed by atoms with van der Waals surface area (Å²) in [7, 11) is 0. The van der Waals surface area contributed by atoms with Crippen molar-refractivity contribution in [3.63, 3.8) is 0 Å². The number of carbonyl (C=O) groups is 1. The molecule has 0 saturated heterocycles. The lowest BCUT2D eigenvalue weighted by Crippen LogP contribution is -2.29. The van der Waals surface area contributed by atoms with Crippen LogP contribution in [0.4, 0.5) is 4.39 Å². The van der Waals surface area contributed by atoms with E-state index in [1.165, 1.54) is 23.9 Å². The molecule has 1 saturated carbocycles. The topological polar surface area (TPSA) is 64.0 Å². The number of nitrogens with zero attached hydrogens (tertiary/aromatic N) is 2. The van der Waals surface area contributed by atoms with Gasteiger partial charge < -0.3 is 5.32 Å². The summed E-state index contributed by atoms with van der Waals surface area (Å²) >= 11 is 2.87. The highest BCUT2D eigenvalue weighted by Crippen LogP contribution is 2.34. The second-order valence-corrected chi connectivity index (χ2v) is 10.1. The van der Waals surface area contributed by atoms with Crippen LogP contribution in [0.1, 0.15) is 47.7 Å². The third kappa shape index (κ3) is 4.85. The number of nitrogens with one attached hydrogen (secondary N) is 1. The minimum absolute atomic E-state index is 0.0259. The van der Waals surface area contributed by atoms with Crippen molar-refractivity contribution in [3.05, 3.63) is 56.4 Å². The minimum Gasteiger partial charge on any atom is -0.355 e. The molecule has 0 atom stereocenters. The fourth-order valence-corrected chi connectivity index (χ4v) is 6.02. The van der Waals surface area contributed by atoms with Gasteiger partial charge in [-0.05, 0) is 56.4 Å². The summed E-state index contributed by atoms with van der Waals surface area (Å²) < 4.78 is 14.8. The third-order valence-corrected chi connectivity index (χ3v) is 7.93. The average molecular weight is 460 g/mol. The number of halogens is 1. The standard InChI is InChI=1S/C23H26FN3O2S2/c1-14-15(2)31-21-20(14)22(29)27(18-5-3-4-6-18)23(26-21)30-13-19(28)25-12-11-16-7-9-17(24)10-8-16/h7-10,18H,3-6,11-13H2,1-2H3,(H,25,28). The Morgan fingerprint density at radius 1 is 1.26 bits per heavy atom. The van der Waals surface area contributed by atoms with Gasteiger partial charge in [-0.2, -0.15) is 0 Å². The van der Waals surface area contributed by atoms with E-state index in [0.29, 0.717) is 18.1 Å². The Hall–Kier alpha value is -2.19. The predicted octanol–water partition coefficient (Wildman–Crippen LogP) is 4.78. The molecule has 0 unspecified atom stereocenters. The van der Waals surface area contributed by atoms with Gasteiger partial charge in [0.15, 0.2) is 5.16 Å². The van der Waals surface area contributed by atoms with E-state index in [4.69, 9.17) is 4.98 Å². The first-order chi connectivity index (χ1) is 14.9. The molecule has 5 nitrogen and oxygen atoms in total. The fourth-order valence-electron chi connectivity index (χ4n) is 4.05. The van der Waals surface area contributed by atoms with E-state index in [-0.39, 0.29) is 29.1 Å². The molecule has 1 aliphatic carbocycles. The van der Waals surface area contributed by atoms with Crippen LogP contribution >= 0.6 is 23.1 Å². The maximum atomic E-state index is 13.4. The Kier molecular flexibility index (Phi) is 6.77. The first-order valence-electron chi connectivity index (χ1n) is 10.6. The summed E-state index contributed by atoms with van der Waals surface area (Å²) in [6, 6.07) is 6.45. The maximum Gasteiger partial charge on any atom is 0.263 e. The first kappa shape index (κ1) is 22.0. The van der Waals surface area contributed by atoms with E-state index < -0.39 is 0 Å². The third-order valence-electron chi connectivity index (χ3n) is 5.87. The normalized spacial score (nSPS) is 14.4. The molecule has 1 amide bonds. The number of aryl methyl sites for hydroxylation is 2. The molecule has 1 aliphatic rings. The van der Waals surface area contributed by atoms with Crippen molar-refractivity contribution in [3.8, 4) is 0 Å². The van der Waals surface area contributed by atoms with E-state index in [9.17, 15) is 14.0 Å². The summed E-state index contributed by atoms with van der Waals surface area (Å²) in [5.74, 6) is -0.159. The van der Waals surface area contributed by atoms with Gasteiger partial charge >= 0.3 is 0 Å². The molecule has 0 bridgehead atoms. The SMILES string of the molecule is Cc1sc2nc(SCC(=O)NCCc3ccc(F)cc3)n(C3CCCC3)c(=O)c2c1C. The Morgan fingerprint density at radius 2 is 1.97 bits per heavy atom. The number of rotatable bonds is 7. The summed E-state index contributed by atoms with van der Waals surface area (Å²) in [6.07, 6.45) is 4.83. The van der Waals surface area contributed by atoms with Crippen LogP contribution in [-0.4, -0.2) is 27.8 Å². The van der Waals surface area contributed by atoms with Crippen molar-refractivity contribution in [2.24, 2.45) is 0 Å². The van der Waals surface area contributed by atoms with Crippen LogP contribution in [0.25, 0.3) is 10.2 Å². The molecular weight excluding hydrogens is 433 g/mol. The van der Waals surface area contributed by atoms with Crippen molar-refractivity contribution < 1.29 is 9.18 Å². The number of carbonyl (C=O) groups excluding carboxylic acids is 1. The molecule has 0 aliphatic heterocycles. The maximum absolute atomic E-state index is 13.4. The highest BCUT2D eigenvalue weighted by molar-refractivity contribution is 7.99. The monoisotopic (exact) mass is 459 g/mol. The van der Waals surface area contributed by atoms with E-state index in [1.54, 1.807) is 23.5 Å². The molecule has 4 rings (SSSR count). The van der Waals surface area contributed by atoms with Gasteiger partial charge in [0.05, 0.1) is 11.1 Å². The van der Waals surface area contributed by atoms with Crippen LogP contribution < -0.4 is 10.9 Å². The van der Waals surface area contributed by atoms with Gasteiger partial charge in [0, 0.05) is 17.5 Å². The van der Waals surface area contributed by atoms with Crippen LogP contribution in [0.2, 0.25) is 0 Å². The number of fused-ring (bicyclic) bond motifs is 1. The van der Waals surface area contributed by atoms with Crippen molar-refractivity contribution >= 4 is 39.2 Å². The zero-order valence-corrected chi connectivity index (χ0v) is 19.4. The first-order valence-corrected chi connectivity index (χ1v) is 12.4. The van der Waals surface area contributed by atoms with Crippen molar-refractivity contribution in [2.75, 3.05) is 12.3 Å². The number of thiophene rings is 1. The highest BCUT2D eigenvalue weighted by Gasteiger charge is 2.25. The molecule has 8 heteroatoms. The van der Waals surface area contributed by atoms with Gasteiger partial charge in [-0.25, -0.2) is 9.37 Å². The number of thioether (sulfide) groups is 1. The van der Waals surface area contributed by atoms with E-state index in [0.717, 1.165) is 51.9 Å². The molecule has 1 aromatic carbocycles. The van der Waals surface area contributed by atoms with E-state index in [2.05, 4.69) is 5.32 Å². The molecule has 3 aromatic rings. The van der Waals surface area contributed by atoms with Crippen molar-refractivity contribution in [1.82, 2.24) is 14.9 Å². The number of aromatic nitrogens is 2. The molecule has 1 fully saturated rings. The summed E-state index contributed by atoms with van der Waals surface area (Å²) in [6.45, 7) is 4.48. The lowest BCUT2D eigenvalue weighted by atomic mass is 10.1. The Labute approximate surface area is 189 Å². The second-order valence-electron chi connectivity index (χ2n) is 7.99. The molecule has 31 heavy (non-hydrogen) atoms. The van der Waals surface area contributed by atoms with Gasteiger partial charge in [0.2, 0.25) is 5.91 Å². The van der Waals surface area contributed by atoms with Crippen LogP contribution in [0, 0.1) is 19.7 Å². The molecular formula is C23H26FN3O2S2. The molecule has 0 spiro atoms. The van der Waals surface area contributed by atoms with Gasteiger partial charge in [-0.15, -0.1) is 11.3 Å². The Morgan fingerprint density at radius 3 is 2.68 bits per heavy atom. The zero-order chi connectivity index (χ0) is 22.0.